The first-order chi connectivity index (χ1) is 17.2. The number of anilines is 2. The van der Waals surface area contributed by atoms with E-state index in [0.717, 1.165) is 60.9 Å². The van der Waals surface area contributed by atoms with Crippen molar-refractivity contribution in [3.05, 3.63) is 36.4 Å². The zero-order chi connectivity index (χ0) is 24.0. The summed E-state index contributed by atoms with van der Waals surface area (Å²) in [6.07, 6.45) is 8.32. The van der Waals surface area contributed by atoms with Crippen LogP contribution in [0.4, 0.5) is 11.6 Å². The Labute approximate surface area is 204 Å². The van der Waals surface area contributed by atoms with Gasteiger partial charge in [0.15, 0.2) is 5.65 Å². The molecule has 0 atom stereocenters. The fourth-order valence-corrected chi connectivity index (χ4v) is 4.43. The summed E-state index contributed by atoms with van der Waals surface area (Å²) in [6.45, 7) is 6.29. The van der Waals surface area contributed by atoms with Gasteiger partial charge >= 0.3 is 0 Å². The monoisotopic (exact) mass is 476 g/mol. The summed E-state index contributed by atoms with van der Waals surface area (Å²) >= 11 is 0. The molecule has 1 N–H and O–H groups in total. The first-order valence-electron chi connectivity index (χ1n) is 12.4. The molecule has 1 fully saturated rings. The van der Waals surface area contributed by atoms with Gasteiger partial charge in [0.25, 0.3) is 5.89 Å². The minimum atomic E-state index is 0.334. The van der Waals surface area contributed by atoms with E-state index in [-0.39, 0.29) is 0 Å². The number of methoxy groups -OCH3 is 1. The molecule has 0 spiro atoms. The van der Waals surface area contributed by atoms with E-state index >= 15 is 0 Å². The molecule has 10 nitrogen and oxygen atoms in total. The largest absolute Gasteiger partial charge is 0.497 e. The zero-order valence-corrected chi connectivity index (χ0v) is 20.4. The Morgan fingerprint density at radius 3 is 2.63 bits per heavy atom. The van der Waals surface area contributed by atoms with E-state index < -0.39 is 0 Å². The minimum absolute atomic E-state index is 0.334. The summed E-state index contributed by atoms with van der Waals surface area (Å²) in [6, 6.07) is 7.79. The number of fused-ring (bicyclic) bond motifs is 1. The average molecular weight is 477 g/mol. The van der Waals surface area contributed by atoms with Crippen molar-refractivity contribution < 1.29 is 9.15 Å². The highest BCUT2D eigenvalue weighted by Crippen LogP contribution is 2.25. The molecule has 1 aliphatic rings. The average Bonchev–Trinajstić information content (AvgIpc) is 3.50. The highest BCUT2D eigenvalue weighted by molar-refractivity contribution is 5.76. The Kier molecular flexibility index (Phi) is 7.17. The van der Waals surface area contributed by atoms with Crippen molar-refractivity contribution in [2.24, 2.45) is 0 Å². The fraction of sp³-hybridized carbons (Fsp3) is 0.480. The van der Waals surface area contributed by atoms with Crippen molar-refractivity contribution in [1.29, 1.82) is 0 Å². The molecule has 0 radical (unpaired) electrons. The maximum absolute atomic E-state index is 5.77. The molecule has 35 heavy (non-hydrogen) atoms. The number of hydrogen-bond acceptors (Lipinski definition) is 9. The van der Waals surface area contributed by atoms with Gasteiger partial charge in [-0.25, -0.2) is 15.0 Å². The van der Waals surface area contributed by atoms with Gasteiger partial charge in [-0.3, -0.25) is 4.57 Å². The van der Waals surface area contributed by atoms with Crippen LogP contribution in [-0.4, -0.2) is 61.4 Å². The predicted molar refractivity (Wildman–Crippen MR) is 134 cm³/mol. The van der Waals surface area contributed by atoms with E-state index in [2.05, 4.69) is 36.9 Å². The topological polar surface area (TPSA) is 107 Å². The third-order valence-electron chi connectivity index (χ3n) is 6.26. The van der Waals surface area contributed by atoms with Crippen molar-refractivity contribution in [2.75, 3.05) is 32.1 Å². The van der Waals surface area contributed by atoms with Crippen molar-refractivity contribution in [3.8, 4) is 17.5 Å². The number of nitrogens with zero attached hydrogens (tertiary/aromatic N) is 7. The fourth-order valence-electron chi connectivity index (χ4n) is 4.43. The van der Waals surface area contributed by atoms with Crippen LogP contribution < -0.4 is 10.1 Å². The van der Waals surface area contributed by atoms with Crippen LogP contribution in [0.15, 0.2) is 34.9 Å². The van der Waals surface area contributed by atoms with Crippen LogP contribution in [0.5, 0.6) is 5.75 Å². The summed E-state index contributed by atoms with van der Waals surface area (Å²) in [5, 5.41) is 11.7. The van der Waals surface area contributed by atoms with Crippen molar-refractivity contribution in [2.45, 2.75) is 52.0 Å². The Balaban J connectivity index is 1.43. The van der Waals surface area contributed by atoms with Crippen LogP contribution in [0.2, 0.25) is 0 Å². The van der Waals surface area contributed by atoms with Crippen molar-refractivity contribution in [3.63, 3.8) is 0 Å². The maximum Gasteiger partial charge on any atom is 0.285 e. The van der Waals surface area contributed by atoms with Crippen molar-refractivity contribution in [1.82, 2.24) is 34.6 Å². The molecule has 3 aromatic heterocycles. The lowest BCUT2D eigenvalue weighted by molar-refractivity contribution is 0.223. The van der Waals surface area contributed by atoms with Gasteiger partial charge in [0, 0.05) is 18.7 Å². The van der Waals surface area contributed by atoms with Gasteiger partial charge in [0.05, 0.1) is 13.3 Å². The Hall–Kier alpha value is -3.53. The van der Waals surface area contributed by atoms with Crippen LogP contribution in [0.3, 0.4) is 0 Å². The number of aromatic nitrogens is 6. The highest BCUT2D eigenvalue weighted by Gasteiger charge is 2.18. The molecular formula is C25H32N8O2. The molecule has 1 aliphatic heterocycles. The Morgan fingerprint density at radius 2 is 1.86 bits per heavy atom. The van der Waals surface area contributed by atoms with E-state index in [9.17, 15) is 0 Å². The highest BCUT2D eigenvalue weighted by atomic mass is 16.5. The normalized spacial score (nSPS) is 14.5. The first kappa shape index (κ1) is 23.2. The van der Waals surface area contributed by atoms with E-state index in [1.165, 1.54) is 32.4 Å². The second kappa shape index (κ2) is 10.8. The third kappa shape index (κ3) is 5.43. The lowest BCUT2D eigenvalue weighted by Gasteiger charge is -2.26. The van der Waals surface area contributed by atoms with Crippen molar-refractivity contribution >= 4 is 22.8 Å². The predicted octanol–water partition coefficient (Wildman–Crippen LogP) is 4.46. The number of rotatable bonds is 10. The lowest BCUT2D eigenvalue weighted by Crippen LogP contribution is -2.31. The summed E-state index contributed by atoms with van der Waals surface area (Å²) in [4.78, 5) is 16.6. The summed E-state index contributed by atoms with van der Waals surface area (Å²) in [5.41, 5.74) is 2.39. The van der Waals surface area contributed by atoms with E-state index in [1.807, 2.05) is 24.3 Å². The minimum Gasteiger partial charge on any atom is -0.497 e. The molecule has 0 amide bonds. The number of imidazole rings is 1. The third-order valence-corrected chi connectivity index (χ3v) is 6.26. The molecule has 4 heterocycles. The number of piperidine rings is 1. The van der Waals surface area contributed by atoms with Gasteiger partial charge in [-0.1, -0.05) is 13.3 Å². The van der Waals surface area contributed by atoms with Gasteiger partial charge in [-0.2, -0.15) is 0 Å². The number of aryl methyl sites for hydroxylation is 2. The number of benzene rings is 1. The first-order valence-corrected chi connectivity index (χ1v) is 12.4. The number of hydrogen-bond donors (Lipinski definition) is 1. The molecule has 10 heteroatoms. The Morgan fingerprint density at radius 1 is 1.03 bits per heavy atom. The summed E-state index contributed by atoms with van der Waals surface area (Å²) in [5.74, 6) is 2.89. The quantitative estimate of drug-likeness (QED) is 0.355. The molecule has 1 aromatic carbocycles. The lowest BCUT2D eigenvalue weighted by atomic mass is 10.1. The number of nitrogens with one attached hydrogen (secondary N) is 1. The second-order valence-corrected chi connectivity index (χ2v) is 8.85. The molecule has 1 saturated heterocycles. The van der Waals surface area contributed by atoms with E-state index in [0.29, 0.717) is 17.6 Å². The van der Waals surface area contributed by atoms with Crippen LogP contribution in [0.1, 0.15) is 44.9 Å². The molecule has 5 rings (SSSR count). The number of likely N-dealkylation sites (tertiary alicyclic amines) is 1. The van der Waals surface area contributed by atoms with Gasteiger partial charge in [0.2, 0.25) is 17.7 Å². The molecule has 4 aromatic rings. The van der Waals surface area contributed by atoms with Crippen LogP contribution in [-0.2, 0) is 13.0 Å². The molecule has 0 bridgehead atoms. The van der Waals surface area contributed by atoms with E-state index in [4.69, 9.17) is 19.1 Å². The van der Waals surface area contributed by atoms with Gasteiger partial charge in [0.1, 0.15) is 11.3 Å². The summed E-state index contributed by atoms with van der Waals surface area (Å²) < 4.78 is 13.2. The number of ether oxygens (including phenoxy) is 1. The van der Waals surface area contributed by atoms with Crippen LogP contribution in [0.25, 0.3) is 22.9 Å². The van der Waals surface area contributed by atoms with E-state index in [1.54, 1.807) is 13.3 Å². The van der Waals surface area contributed by atoms with Gasteiger partial charge < -0.3 is 19.4 Å². The molecule has 184 valence electrons. The summed E-state index contributed by atoms with van der Waals surface area (Å²) in [7, 11) is 1.66. The van der Waals surface area contributed by atoms with Gasteiger partial charge in [-0.15, -0.1) is 10.2 Å². The van der Waals surface area contributed by atoms with Gasteiger partial charge in [-0.05, 0) is 69.6 Å². The maximum atomic E-state index is 5.77. The van der Waals surface area contributed by atoms with Crippen LogP contribution >= 0.6 is 0 Å². The molecular weight excluding hydrogens is 444 g/mol. The molecule has 0 aliphatic carbocycles. The standard InChI is InChI=1S/C25H32N8O2/c1-3-8-21-30-31-24(35-21)22-26-17-20-23(29-22)33(16-7-15-32-13-5-4-6-14-32)25(28-20)27-18-9-11-19(34-2)12-10-18/h9-12,17H,3-8,13-16H2,1-2H3,(H,27,28). The van der Waals surface area contributed by atoms with Crippen LogP contribution in [0, 0.1) is 0 Å². The smallest absolute Gasteiger partial charge is 0.285 e. The zero-order valence-electron chi connectivity index (χ0n) is 20.4. The second-order valence-electron chi connectivity index (χ2n) is 8.85. The molecule has 0 saturated carbocycles. The molecule has 0 unspecified atom stereocenters. The SMILES string of the molecule is CCCc1nnc(-c2ncc3nc(Nc4ccc(OC)cc4)n(CCCN4CCCCC4)c3n2)o1. The Bertz CT molecular complexity index is 1240.